The molecular weight excluding hydrogens is 336 g/mol. The third-order valence-electron chi connectivity index (χ3n) is 3.19. The quantitative estimate of drug-likeness (QED) is 0.845. The van der Waals surface area contributed by atoms with Gasteiger partial charge in [0.25, 0.3) is 0 Å². The Hall–Kier alpha value is -0.530. The standard InChI is InChI=1S/C11H11BrN2O2S2/c12-7-1-3-8(4-2-7)14-9-5-18(15,16)6-10(9)17-11(14)13/h1-4,9-10,13H,5-6H2/t9-,10-/m1/s1. The summed E-state index contributed by atoms with van der Waals surface area (Å²) in [5.41, 5.74) is 0.889. The van der Waals surface area contributed by atoms with Gasteiger partial charge in [0, 0.05) is 15.4 Å². The lowest BCUT2D eigenvalue weighted by atomic mass is 10.2. The smallest absolute Gasteiger partial charge is 0.161 e. The highest BCUT2D eigenvalue weighted by Crippen LogP contribution is 2.40. The van der Waals surface area contributed by atoms with E-state index in [1.165, 1.54) is 11.8 Å². The number of nitrogens with one attached hydrogen (secondary N) is 1. The Kier molecular flexibility index (Phi) is 2.95. The van der Waals surface area contributed by atoms with Crippen LogP contribution in [0, 0.1) is 5.41 Å². The Bertz CT molecular complexity index is 600. The average Bonchev–Trinajstić information content (AvgIpc) is 2.70. The maximum absolute atomic E-state index is 11.7. The van der Waals surface area contributed by atoms with E-state index in [2.05, 4.69) is 15.9 Å². The van der Waals surface area contributed by atoms with Crippen molar-refractivity contribution in [3.8, 4) is 0 Å². The molecule has 2 aliphatic rings. The topological polar surface area (TPSA) is 61.2 Å². The minimum absolute atomic E-state index is 0.00569. The van der Waals surface area contributed by atoms with E-state index in [0.717, 1.165) is 10.2 Å². The van der Waals surface area contributed by atoms with E-state index >= 15 is 0 Å². The van der Waals surface area contributed by atoms with Gasteiger partial charge in [-0.1, -0.05) is 27.7 Å². The Morgan fingerprint density at radius 2 is 1.94 bits per heavy atom. The van der Waals surface area contributed by atoms with Crippen molar-refractivity contribution in [1.82, 2.24) is 0 Å². The molecule has 7 heteroatoms. The number of anilines is 1. The number of hydrogen-bond acceptors (Lipinski definition) is 4. The molecule has 2 aliphatic heterocycles. The summed E-state index contributed by atoms with van der Waals surface area (Å²) in [6.45, 7) is 0. The Labute approximate surface area is 118 Å². The number of fused-ring (bicyclic) bond motifs is 1. The monoisotopic (exact) mass is 346 g/mol. The number of benzene rings is 1. The van der Waals surface area contributed by atoms with Crippen LogP contribution in [0.3, 0.4) is 0 Å². The van der Waals surface area contributed by atoms with Gasteiger partial charge in [0.2, 0.25) is 0 Å². The summed E-state index contributed by atoms with van der Waals surface area (Å²) in [5.74, 6) is 0.348. The first-order chi connectivity index (χ1) is 8.46. The van der Waals surface area contributed by atoms with Gasteiger partial charge in [-0.15, -0.1) is 0 Å². The molecule has 2 saturated heterocycles. The van der Waals surface area contributed by atoms with Crippen LogP contribution in [0.15, 0.2) is 28.7 Å². The maximum Gasteiger partial charge on any atom is 0.161 e. The molecule has 2 heterocycles. The van der Waals surface area contributed by atoms with E-state index in [1.807, 2.05) is 29.2 Å². The van der Waals surface area contributed by atoms with Gasteiger partial charge in [-0.05, 0) is 24.3 Å². The highest BCUT2D eigenvalue weighted by atomic mass is 79.9. The average molecular weight is 347 g/mol. The minimum Gasteiger partial charge on any atom is -0.316 e. The summed E-state index contributed by atoms with van der Waals surface area (Å²) in [7, 11) is -2.95. The summed E-state index contributed by atoms with van der Waals surface area (Å²) in [4.78, 5) is 1.84. The molecule has 0 amide bonds. The Morgan fingerprint density at radius 3 is 2.61 bits per heavy atom. The van der Waals surface area contributed by atoms with Crippen molar-refractivity contribution in [2.24, 2.45) is 0 Å². The van der Waals surface area contributed by atoms with Gasteiger partial charge in [-0.3, -0.25) is 5.41 Å². The van der Waals surface area contributed by atoms with Crippen LogP contribution in [-0.2, 0) is 9.84 Å². The number of amidine groups is 1. The zero-order valence-electron chi connectivity index (χ0n) is 9.34. The first-order valence-corrected chi connectivity index (χ1v) is 8.96. The second-order valence-electron chi connectivity index (χ2n) is 4.45. The van der Waals surface area contributed by atoms with Gasteiger partial charge >= 0.3 is 0 Å². The predicted octanol–water partition coefficient (Wildman–Crippen LogP) is 2.10. The third-order valence-corrected chi connectivity index (χ3v) is 6.85. The number of thioether (sulfide) groups is 1. The molecule has 0 unspecified atom stereocenters. The zero-order valence-corrected chi connectivity index (χ0v) is 12.6. The van der Waals surface area contributed by atoms with E-state index in [4.69, 9.17) is 5.41 Å². The lowest BCUT2D eigenvalue weighted by Crippen LogP contribution is -2.37. The summed E-state index contributed by atoms with van der Waals surface area (Å²) in [6, 6.07) is 7.54. The van der Waals surface area contributed by atoms with E-state index in [9.17, 15) is 8.42 Å². The van der Waals surface area contributed by atoms with Crippen molar-refractivity contribution in [2.45, 2.75) is 11.3 Å². The SMILES string of the molecule is N=C1S[C@@H]2CS(=O)(=O)C[C@H]2N1c1ccc(Br)cc1. The minimum atomic E-state index is -2.95. The Morgan fingerprint density at radius 1 is 1.28 bits per heavy atom. The van der Waals surface area contributed by atoms with Gasteiger partial charge in [0.1, 0.15) is 0 Å². The molecule has 0 spiro atoms. The largest absolute Gasteiger partial charge is 0.316 e. The molecule has 96 valence electrons. The van der Waals surface area contributed by atoms with Crippen LogP contribution in [-0.4, -0.2) is 36.4 Å². The molecule has 0 bridgehead atoms. The predicted molar refractivity (Wildman–Crippen MR) is 78.2 cm³/mol. The van der Waals surface area contributed by atoms with Crippen molar-refractivity contribution in [3.63, 3.8) is 0 Å². The second kappa shape index (κ2) is 4.25. The van der Waals surface area contributed by atoms with E-state index in [1.54, 1.807) is 0 Å². The number of hydrogen-bond donors (Lipinski definition) is 1. The van der Waals surface area contributed by atoms with E-state index in [-0.39, 0.29) is 22.8 Å². The summed E-state index contributed by atoms with van der Waals surface area (Å²) >= 11 is 4.73. The van der Waals surface area contributed by atoms with Crippen LogP contribution in [0.2, 0.25) is 0 Å². The molecular formula is C11H11BrN2O2S2. The number of halogens is 1. The molecule has 0 radical (unpaired) electrons. The van der Waals surface area contributed by atoms with Crippen molar-refractivity contribution in [2.75, 3.05) is 16.4 Å². The van der Waals surface area contributed by atoms with Gasteiger partial charge in [-0.25, -0.2) is 8.42 Å². The molecule has 0 aliphatic carbocycles. The van der Waals surface area contributed by atoms with Crippen LogP contribution in [0.25, 0.3) is 0 Å². The van der Waals surface area contributed by atoms with Gasteiger partial charge in [0.05, 0.1) is 17.5 Å². The van der Waals surface area contributed by atoms with Crippen LogP contribution in [0.4, 0.5) is 5.69 Å². The summed E-state index contributed by atoms with van der Waals surface area (Å²) in [6.07, 6.45) is 0. The fourth-order valence-corrected chi connectivity index (χ4v) is 6.47. The molecule has 1 aromatic carbocycles. The molecule has 1 N–H and O–H groups in total. The van der Waals surface area contributed by atoms with E-state index in [0.29, 0.717) is 5.17 Å². The fourth-order valence-electron chi connectivity index (χ4n) is 2.41. The van der Waals surface area contributed by atoms with Crippen molar-refractivity contribution in [3.05, 3.63) is 28.7 Å². The molecule has 0 saturated carbocycles. The molecule has 0 aromatic heterocycles. The maximum atomic E-state index is 11.7. The van der Waals surface area contributed by atoms with Crippen LogP contribution >= 0.6 is 27.7 Å². The molecule has 2 atom stereocenters. The van der Waals surface area contributed by atoms with Crippen LogP contribution in [0.5, 0.6) is 0 Å². The first-order valence-electron chi connectivity index (χ1n) is 5.47. The zero-order chi connectivity index (χ0) is 12.9. The van der Waals surface area contributed by atoms with Gasteiger partial charge < -0.3 is 4.90 Å². The van der Waals surface area contributed by atoms with Gasteiger partial charge in [-0.2, -0.15) is 0 Å². The third kappa shape index (κ3) is 2.08. The molecule has 3 rings (SSSR count). The Balaban J connectivity index is 1.96. The molecule has 4 nitrogen and oxygen atoms in total. The lowest BCUT2D eigenvalue weighted by Gasteiger charge is -2.23. The van der Waals surface area contributed by atoms with Crippen molar-refractivity contribution >= 4 is 48.4 Å². The molecule has 18 heavy (non-hydrogen) atoms. The number of nitrogens with zero attached hydrogens (tertiary/aromatic N) is 1. The summed E-state index contributed by atoms with van der Waals surface area (Å²) in [5, 5.41) is 8.46. The molecule has 1 aromatic rings. The second-order valence-corrected chi connectivity index (χ2v) is 8.75. The highest BCUT2D eigenvalue weighted by Gasteiger charge is 2.48. The molecule has 2 fully saturated rings. The number of rotatable bonds is 1. The summed E-state index contributed by atoms with van der Waals surface area (Å²) < 4.78 is 24.3. The van der Waals surface area contributed by atoms with Crippen LogP contribution in [0.1, 0.15) is 0 Å². The highest BCUT2D eigenvalue weighted by molar-refractivity contribution is 9.10. The van der Waals surface area contributed by atoms with Crippen molar-refractivity contribution in [1.29, 1.82) is 5.41 Å². The lowest BCUT2D eigenvalue weighted by molar-refractivity contribution is 0.601. The van der Waals surface area contributed by atoms with E-state index < -0.39 is 9.84 Å². The van der Waals surface area contributed by atoms with Crippen LogP contribution < -0.4 is 4.90 Å². The van der Waals surface area contributed by atoms with Gasteiger partial charge in [0.15, 0.2) is 15.0 Å². The normalized spacial score (nSPS) is 29.6. The number of sulfone groups is 1. The fraction of sp³-hybridized carbons (Fsp3) is 0.364. The first kappa shape index (κ1) is 12.5. The van der Waals surface area contributed by atoms with Crippen molar-refractivity contribution < 1.29 is 8.42 Å².